The number of likely N-dealkylation sites (tertiary alicyclic amines) is 1. The summed E-state index contributed by atoms with van der Waals surface area (Å²) in [7, 11) is 0. The Morgan fingerprint density at radius 1 is 1.34 bits per heavy atom. The van der Waals surface area contributed by atoms with E-state index in [0.717, 1.165) is 37.9 Å². The van der Waals surface area contributed by atoms with Gasteiger partial charge in [-0.05, 0) is 57.9 Å². The zero-order chi connectivity index (χ0) is 20.4. The van der Waals surface area contributed by atoms with Gasteiger partial charge in [0.2, 0.25) is 0 Å². The van der Waals surface area contributed by atoms with E-state index >= 15 is 0 Å². The van der Waals surface area contributed by atoms with E-state index in [1.54, 1.807) is 12.5 Å². The van der Waals surface area contributed by atoms with Gasteiger partial charge in [-0.1, -0.05) is 6.92 Å². The van der Waals surface area contributed by atoms with E-state index in [1.165, 1.54) is 6.42 Å². The fourth-order valence-corrected chi connectivity index (χ4v) is 4.01. The molecule has 0 bridgehead atoms. The number of carbonyl (C=O) groups is 1. The highest BCUT2D eigenvalue weighted by Gasteiger charge is 2.24. The van der Waals surface area contributed by atoms with Gasteiger partial charge >= 0.3 is 0 Å². The molecule has 3 aromatic heterocycles. The normalized spacial score (nSPS) is 16.0. The Morgan fingerprint density at radius 3 is 2.79 bits per heavy atom. The first kappa shape index (κ1) is 19.6. The van der Waals surface area contributed by atoms with E-state index in [9.17, 15) is 4.79 Å². The fourth-order valence-electron chi connectivity index (χ4n) is 4.01. The van der Waals surface area contributed by atoms with Crippen LogP contribution in [0.25, 0.3) is 22.5 Å². The summed E-state index contributed by atoms with van der Waals surface area (Å²) in [6.45, 7) is 9.51. The molecule has 0 aliphatic carbocycles. The first-order valence-electron chi connectivity index (χ1n) is 10.5. The first-order chi connectivity index (χ1) is 14.1. The van der Waals surface area contributed by atoms with Crippen molar-refractivity contribution in [3.8, 4) is 11.5 Å². The lowest BCUT2D eigenvalue weighted by Crippen LogP contribution is -2.44. The SMILES string of the molecule is CCCN1CCC(NC(=O)c2cc(-c3ccco3)nc3c2cnn3C(C)C)CC1. The van der Waals surface area contributed by atoms with Crippen molar-refractivity contribution in [2.75, 3.05) is 19.6 Å². The molecule has 0 atom stereocenters. The number of fused-ring (bicyclic) bond motifs is 1. The van der Waals surface area contributed by atoms with Crippen LogP contribution in [-0.4, -0.2) is 51.2 Å². The van der Waals surface area contributed by atoms with Gasteiger partial charge < -0.3 is 14.6 Å². The molecule has 1 N–H and O–H groups in total. The second-order valence-corrected chi connectivity index (χ2v) is 8.04. The van der Waals surface area contributed by atoms with E-state index in [2.05, 4.69) is 36.1 Å². The fraction of sp³-hybridized carbons (Fsp3) is 0.500. The van der Waals surface area contributed by atoms with Crippen LogP contribution in [0.5, 0.6) is 0 Å². The molecule has 4 rings (SSSR count). The average molecular weight is 396 g/mol. The van der Waals surface area contributed by atoms with Crippen LogP contribution in [0.15, 0.2) is 35.1 Å². The number of aromatic nitrogens is 3. The first-order valence-corrected chi connectivity index (χ1v) is 10.5. The Morgan fingerprint density at radius 2 is 2.14 bits per heavy atom. The van der Waals surface area contributed by atoms with Gasteiger partial charge in [0.1, 0.15) is 5.69 Å². The Balaban J connectivity index is 1.63. The zero-order valence-electron chi connectivity index (χ0n) is 17.4. The molecule has 0 saturated carbocycles. The highest BCUT2D eigenvalue weighted by atomic mass is 16.3. The molecule has 1 saturated heterocycles. The van der Waals surface area contributed by atoms with Crippen LogP contribution in [0.3, 0.4) is 0 Å². The van der Waals surface area contributed by atoms with Crippen molar-refractivity contribution in [1.82, 2.24) is 25.0 Å². The predicted octanol–water partition coefficient (Wildman–Crippen LogP) is 3.88. The molecule has 1 aliphatic heterocycles. The minimum atomic E-state index is -0.0672. The summed E-state index contributed by atoms with van der Waals surface area (Å²) in [5.41, 5.74) is 1.95. The molecule has 4 heterocycles. The molecule has 1 aliphatic rings. The second kappa shape index (κ2) is 8.37. The summed E-state index contributed by atoms with van der Waals surface area (Å²) in [5, 5.41) is 8.49. The predicted molar refractivity (Wildman–Crippen MR) is 113 cm³/mol. The lowest BCUT2D eigenvalue weighted by atomic mass is 10.0. The maximum Gasteiger partial charge on any atom is 0.252 e. The number of hydrogen-bond donors (Lipinski definition) is 1. The van der Waals surface area contributed by atoms with E-state index in [-0.39, 0.29) is 18.0 Å². The molecule has 7 nitrogen and oxygen atoms in total. The lowest BCUT2D eigenvalue weighted by Gasteiger charge is -2.32. The smallest absolute Gasteiger partial charge is 0.252 e. The molecule has 1 fully saturated rings. The molecule has 29 heavy (non-hydrogen) atoms. The summed E-state index contributed by atoms with van der Waals surface area (Å²) >= 11 is 0. The van der Waals surface area contributed by atoms with Crippen molar-refractivity contribution in [3.05, 3.63) is 36.2 Å². The van der Waals surface area contributed by atoms with Gasteiger partial charge in [-0.15, -0.1) is 0 Å². The third-order valence-electron chi connectivity index (χ3n) is 5.54. The molecule has 0 unspecified atom stereocenters. The number of furan rings is 1. The second-order valence-electron chi connectivity index (χ2n) is 8.04. The van der Waals surface area contributed by atoms with Crippen molar-refractivity contribution in [2.45, 2.75) is 52.1 Å². The van der Waals surface area contributed by atoms with Crippen molar-refractivity contribution in [1.29, 1.82) is 0 Å². The number of rotatable bonds is 6. The topological polar surface area (TPSA) is 76.2 Å². The molecular weight excluding hydrogens is 366 g/mol. The highest BCUT2D eigenvalue weighted by molar-refractivity contribution is 6.06. The van der Waals surface area contributed by atoms with Gasteiger partial charge in [-0.2, -0.15) is 5.10 Å². The highest BCUT2D eigenvalue weighted by Crippen LogP contribution is 2.27. The number of amides is 1. The number of carbonyl (C=O) groups excluding carboxylic acids is 1. The van der Waals surface area contributed by atoms with Crippen LogP contribution in [0.1, 0.15) is 56.4 Å². The lowest BCUT2D eigenvalue weighted by molar-refractivity contribution is 0.0913. The number of hydrogen-bond acceptors (Lipinski definition) is 5. The van der Waals surface area contributed by atoms with Gasteiger partial charge in [-0.25, -0.2) is 9.67 Å². The van der Waals surface area contributed by atoms with Crippen LogP contribution < -0.4 is 5.32 Å². The molecule has 0 aromatic carbocycles. The number of pyridine rings is 1. The van der Waals surface area contributed by atoms with Gasteiger partial charge in [0, 0.05) is 25.2 Å². The molecule has 0 radical (unpaired) electrons. The van der Waals surface area contributed by atoms with Gasteiger partial charge in [0.25, 0.3) is 5.91 Å². The molecule has 154 valence electrons. The largest absolute Gasteiger partial charge is 0.463 e. The van der Waals surface area contributed by atoms with E-state index in [4.69, 9.17) is 9.40 Å². The van der Waals surface area contributed by atoms with Crippen LogP contribution in [0.4, 0.5) is 0 Å². The van der Waals surface area contributed by atoms with E-state index < -0.39 is 0 Å². The monoisotopic (exact) mass is 395 g/mol. The Bertz CT molecular complexity index is 969. The minimum Gasteiger partial charge on any atom is -0.463 e. The van der Waals surface area contributed by atoms with Gasteiger partial charge in [0.15, 0.2) is 11.4 Å². The molecule has 3 aromatic rings. The van der Waals surface area contributed by atoms with Crippen LogP contribution >= 0.6 is 0 Å². The van der Waals surface area contributed by atoms with Crippen molar-refractivity contribution in [3.63, 3.8) is 0 Å². The summed E-state index contributed by atoms with van der Waals surface area (Å²) in [4.78, 5) is 20.4. The third-order valence-corrected chi connectivity index (χ3v) is 5.54. The van der Waals surface area contributed by atoms with Crippen molar-refractivity contribution < 1.29 is 9.21 Å². The van der Waals surface area contributed by atoms with Crippen LogP contribution in [0.2, 0.25) is 0 Å². The minimum absolute atomic E-state index is 0.0672. The zero-order valence-corrected chi connectivity index (χ0v) is 17.4. The summed E-state index contributed by atoms with van der Waals surface area (Å²) in [6, 6.07) is 5.84. The van der Waals surface area contributed by atoms with Crippen molar-refractivity contribution >= 4 is 16.9 Å². The molecular formula is C22H29N5O2. The maximum absolute atomic E-state index is 13.2. The van der Waals surface area contributed by atoms with Gasteiger partial charge in [-0.3, -0.25) is 4.79 Å². The van der Waals surface area contributed by atoms with Crippen molar-refractivity contribution in [2.24, 2.45) is 0 Å². The third kappa shape index (κ3) is 4.05. The Kier molecular flexibility index (Phi) is 5.67. The quantitative estimate of drug-likeness (QED) is 0.685. The maximum atomic E-state index is 13.2. The Labute approximate surface area is 171 Å². The average Bonchev–Trinajstić information content (AvgIpc) is 3.38. The summed E-state index contributed by atoms with van der Waals surface area (Å²) < 4.78 is 7.38. The van der Waals surface area contributed by atoms with Crippen LogP contribution in [0, 0.1) is 0 Å². The number of piperidine rings is 1. The molecule has 0 spiro atoms. The summed E-state index contributed by atoms with van der Waals surface area (Å²) in [5.74, 6) is 0.577. The van der Waals surface area contributed by atoms with Gasteiger partial charge in [0.05, 0.1) is 23.4 Å². The van der Waals surface area contributed by atoms with E-state index in [1.807, 2.05) is 22.9 Å². The summed E-state index contributed by atoms with van der Waals surface area (Å²) in [6.07, 6.45) is 6.49. The molecule has 1 amide bonds. The molecule has 7 heteroatoms. The number of nitrogens with zero attached hydrogens (tertiary/aromatic N) is 4. The van der Waals surface area contributed by atoms with E-state index in [0.29, 0.717) is 22.7 Å². The number of nitrogens with one attached hydrogen (secondary N) is 1. The Hall–Kier alpha value is -2.67. The standard InChI is InChI=1S/C22H29N5O2/c1-4-9-26-10-7-16(8-11-26)24-22(28)17-13-19(20-6-5-12-29-20)25-21-18(17)14-23-27(21)15(2)3/h5-6,12-16H,4,7-11H2,1-3H3,(H,24,28). The van der Waals surface area contributed by atoms with Crippen LogP contribution in [-0.2, 0) is 0 Å².